The van der Waals surface area contributed by atoms with Crippen molar-refractivity contribution in [3.63, 3.8) is 0 Å². The maximum absolute atomic E-state index is 6.00. The number of furan rings is 1. The maximum Gasteiger partial charge on any atom is 0.105 e. The summed E-state index contributed by atoms with van der Waals surface area (Å²) >= 11 is 0. The van der Waals surface area contributed by atoms with Gasteiger partial charge in [-0.25, -0.2) is 0 Å². The molecule has 1 fully saturated rings. The average molecular weight is 250 g/mol. The minimum atomic E-state index is 0.343. The Morgan fingerprint density at radius 3 is 2.83 bits per heavy atom. The molecule has 1 aliphatic carbocycles. The maximum atomic E-state index is 6.00. The first kappa shape index (κ1) is 13.6. The van der Waals surface area contributed by atoms with Crippen LogP contribution < -0.4 is 11.1 Å². The monoisotopic (exact) mass is 250 g/mol. The quantitative estimate of drug-likeness (QED) is 0.763. The van der Waals surface area contributed by atoms with Gasteiger partial charge in [-0.2, -0.15) is 0 Å². The standard InChI is InChI=1S/C15H26N2O/c1-13-4-7-15(11-16,8-5-13)12-17-9-6-14-3-2-10-18-14/h2-3,10,13,17H,4-9,11-12,16H2,1H3. The van der Waals surface area contributed by atoms with E-state index in [9.17, 15) is 0 Å². The van der Waals surface area contributed by atoms with E-state index in [-0.39, 0.29) is 0 Å². The summed E-state index contributed by atoms with van der Waals surface area (Å²) in [5.74, 6) is 1.94. The molecule has 0 bridgehead atoms. The minimum Gasteiger partial charge on any atom is -0.469 e. The Morgan fingerprint density at radius 2 is 2.22 bits per heavy atom. The van der Waals surface area contributed by atoms with E-state index in [4.69, 9.17) is 10.2 Å². The summed E-state index contributed by atoms with van der Waals surface area (Å²) < 4.78 is 5.33. The number of hydrogen-bond acceptors (Lipinski definition) is 3. The van der Waals surface area contributed by atoms with Crippen molar-refractivity contribution in [2.75, 3.05) is 19.6 Å². The molecule has 0 aliphatic heterocycles. The molecule has 3 nitrogen and oxygen atoms in total. The van der Waals surface area contributed by atoms with Crippen molar-refractivity contribution in [2.45, 2.75) is 39.0 Å². The highest BCUT2D eigenvalue weighted by Gasteiger charge is 2.32. The molecule has 0 atom stereocenters. The van der Waals surface area contributed by atoms with Crippen molar-refractivity contribution in [1.82, 2.24) is 5.32 Å². The smallest absolute Gasteiger partial charge is 0.105 e. The van der Waals surface area contributed by atoms with E-state index in [2.05, 4.69) is 12.2 Å². The second-order valence-corrected chi connectivity index (χ2v) is 5.89. The molecule has 18 heavy (non-hydrogen) atoms. The first-order valence-corrected chi connectivity index (χ1v) is 7.17. The van der Waals surface area contributed by atoms with E-state index in [1.165, 1.54) is 25.7 Å². The Balaban J connectivity index is 1.70. The summed E-state index contributed by atoms with van der Waals surface area (Å²) in [7, 11) is 0. The highest BCUT2D eigenvalue weighted by molar-refractivity contribution is 4.98. The molecule has 1 heterocycles. The van der Waals surface area contributed by atoms with Crippen molar-refractivity contribution < 1.29 is 4.42 Å². The van der Waals surface area contributed by atoms with Crippen LogP contribution in [-0.2, 0) is 6.42 Å². The third-order valence-electron chi connectivity index (χ3n) is 4.40. The number of hydrogen-bond donors (Lipinski definition) is 2. The van der Waals surface area contributed by atoms with Crippen LogP contribution in [0.15, 0.2) is 22.8 Å². The van der Waals surface area contributed by atoms with Gasteiger partial charge in [-0.05, 0) is 42.9 Å². The molecule has 0 saturated heterocycles. The summed E-state index contributed by atoms with van der Waals surface area (Å²) in [6.45, 7) is 5.19. The van der Waals surface area contributed by atoms with Gasteiger partial charge >= 0.3 is 0 Å². The molecule has 1 aromatic rings. The summed E-state index contributed by atoms with van der Waals surface area (Å²) in [6.07, 6.45) is 7.91. The zero-order chi connectivity index (χ0) is 12.8. The van der Waals surface area contributed by atoms with Gasteiger partial charge in [-0.3, -0.25) is 0 Å². The van der Waals surface area contributed by atoms with E-state index in [0.717, 1.165) is 37.7 Å². The predicted octanol–water partition coefficient (Wildman–Crippen LogP) is 2.57. The minimum absolute atomic E-state index is 0.343. The second kappa shape index (κ2) is 6.39. The van der Waals surface area contributed by atoms with E-state index >= 15 is 0 Å². The van der Waals surface area contributed by atoms with E-state index in [1.54, 1.807) is 6.26 Å². The summed E-state index contributed by atoms with van der Waals surface area (Å²) in [5, 5.41) is 3.56. The van der Waals surface area contributed by atoms with Gasteiger partial charge in [0, 0.05) is 19.5 Å². The number of nitrogens with two attached hydrogens (primary N) is 1. The van der Waals surface area contributed by atoms with Crippen LogP contribution in [0.3, 0.4) is 0 Å². The Labute approximate surface area is 110 Å². The molecule has 0 unspecified atom stereocenters. The van der Waals surface area contributed by atoms with Crippen LogP contribution in [0.4, 0.5) is 0 Å². The van der Waals surface area contributed by atoms with Crippen LogP contribution in [-0.4, -0.2) is 19.6 Å². The van der Waals surface area contributed by atoms with Gasteiger partial charge in [0.1, 0.15) is 5.76 Å². The Kier molecular flexibility index (Phi) is 4.84. The van der Waals surface area contributed by atoms with E-state index in [1.807, 2.05) is 12.1 Å². The molecule has 3 heteroatoms. The van der Waals surface area contributed by atoms with Crippen molar-refractivity contribution in [3.8, 4) is 0 Å². The molecule has 0 spiro atoms. The van der Waals surface area contributed by atoms with Gasteiger partial charge in [0.05, 0.1) is 6.26 Å². The highest BCUT2D eigenvalue weighted by Crippen LogP contribution is 2.37. The first-order valence-electron chi connectivity index (χ1n) is 7.17. The molecule has 1 aliphatic rings. The zero-order valence-electron chi connectivity index (χ0n) is 11.5. The molecule has 1 saturated carbocycles. The van der Waals surface area contributed by atoms with E-state index < -0.39 is 0 Å². The van der Waals surface area contributed by atoms with E-state index in [0.29, 0.717) is 5.41 Å². The lowest BCUT2D eigenvalue weighted by atomic mass is 9.71. The normalized spacial score (nSPS) is 28.4. The molecule has 102 valence electrons. The molecular weight excluding hydrogens is 224 g/mol. The summed E-state index contributed by atoms with van der Waals surface area (Å²) in [5.41, 5.74) is 6.34. The van der Waals surface area contributed by atoms with Crippen molar-refractivity contribution in [1.29, 1.82) is 0 Å². The van der Waals surface area contributed by atoms with Crippen LogP contribution >= 0.6 is 0 Å². The predicted molar refractivity (Wildman–Crippen MR) is 74.4 cm³/mol. The lowest BCUT2D eigenvalue weighted by molar-refractivity contribution is 0.160. The molecule has 0 aromatic carbocycles. The van der Waals surface area contributed by atoms with Crippen LogP contribution in [0, 0.1) is 11.3 Å². The van der Waals surface area contributed by atoms with Gasteiger partial charge in [-0.1, -0.05) is 19.8 Å². The lowest BCUT2D eigenvalue weighted by Gasteiger charge is -2.38. The lowest BCUT2D eigenvalue weighted by Crippen LogP contribution is -2.43. The summed E-state index contributed by atoms with van der Waals surface area (Å²) in [6, 6.07) is 3.97. The topological polar surface area (TPSA) is 51.2 Å². The third-order valence-corrected chi connectivity index (χ3v) is 4.40. The first-order chi connectivity index (χ1) is 8.74. The van der Waals surface area contributed by atoms with Gasteiger partial charge in [0.25, 0.3) is 0 Å². The van der Waals surface area contributed by atoms with Gasteiger partial charge in [-0.15, -0.1) is 0 Å². The van der Waals surface area contributed by atoms with Crippen LogP contribution in [0.25, 0.3) is 0 Å². The molecule has 3 N–H and O–H groups in total. The van der Waals surface area contributed by atoms with Crippen LogP contribution in [0.5, 0.6) is 0 Å². The highest BCUT2D eigenvalue weighted by atomic mass is 16.3. The van der Waals surface area contributed by atoms with Crippen LogP contribution in [0.2, 0.25) is 0 Å². The molecular formula is C15H26N2O. The van der Waals surface area contributed by atoms with Gasteiger partial charge < -0.3 is 15.5 Å². The largest absolute Gasteiger partial charge is 0.469 e. The van der Waals surface area contributed by atoms with Gasteiger partial charge in [0.2, 0.25) is 0 Å². The molecule has 1 aromatic heterocycles. The molecule has 0 radical (unpaired) electrons. The fourth-order valence-electron chi connectivity index (χ4n) is 2.85. The Morgan fingerprint density at radius 1 is 1.44 bits per heavy atom. The third kappa shape index (κ3) is 3.59. The molecule has 2 rings (SSSR count). The fraction of sp³-hybridized carbons (Fsp3) is 0.733. The van der Waals surface area contributed by atoms with Crippen molar-refractivity contribution in [2.24, 2.45) is 17.1 Å². The number of nitrogens with one attached hydrogen (secondary N) is 1. The number of rotatable bonds is 6. The fourth-order valence-corrected chi connectivity index (χ4v) is 2.85. The van der Waals surface area contributed by atoms with Crippen molar-refractivity contribution in [3.05, 3.63) is 24.2 Å². The van der Waals surface area contributed by atoms with Gasteiger partial charge in [0.15, 0.2) is 0 Å². The molecule has 0 amide bonds. The van der Waals surface area contributed by atoms with Crippen molar-refractivity contribution >= 4 is 0 Å². The van der Waals surface area contributed by atoms with Crippen LogP contribution in [0.1, 0.15) is 38.4 Å². The Bertz CT molecular complexity index is 326. The second-order valence-electron chi connectivity index (χ2n) is 5.89. The average Bonchev–Trinajstić information content (AvgIpc) is 2.90. The zero-order valence-corrected chi connectivity index (χ0v) is 11.5. The SMILES string of the molecule is CC1CCC(CN)(CNCCc2ccco2)CC1. The summed E-state index contributed by atoms with van der Waals surface area (Å²) in [4.78, 5) is 0. The Hall–Kier alpha value is -0.800.